The molecular formula is C32H41N3O6S. The van der Waals surface area contributed by atoms with Crippen LogP contribution in [-0.4, -0.2) is 58.0 Å². The number of nitrogens with zero attached hydrogens (tertiary/aromatic N) is 2. The van der Waals surface area contributed by atoms with E-state index < -0.39 is 28.5 Å². The summed E-state index contributed by atoms with van der Waals surface area (Å²) in [5.74, 6) is 0.295. The van der Waals surface area contributed by atoms with Crippen molar-refractivity contribution in [3.63, 3.8) is 0 Å². The molecule has 2 amide bonds. The van der Waals surface area contributed by atoms with Gasteiger partial charge in [0.05, 0.1) is 24.8 Å². The number of aryl methyl sites for hydroxylation is 1. The van der Waals surface area contributed by atoms with Crippen molar-refractivity contribution in [3.05, 3.63) is 83.9 Å². The highest BCUT2D eigenvalue weighted by Crippen LogP contribution is 2.28. The molecule has 0 unspecified atom stereocenters. The molecule has 0 fully saturated rings. The van der Waals surface area contributed by atoms with Gasteiger partial charge in [0, 0.05) is 18.7 Å². The number of hydrogen-bond acceptors (Lipinski definition) is 6. The van der Waals surface area contributed by atoms with Crippen molar-refractivity contribution in [1.82, 2.24) is 10.2 Å². The number of hydrogen-bond donors (Lipinski definition) is 1. The van der Waals surface area contributed by atoms with E-state index in [0.29, 0.717) is 17.9 Å². The number of benzene rings is 3. The molecular weight excluding hydrogens is 554 g/mol. The molecule has 42 heavy (non-hydrogen) atoms. The van der Waals surface area contributed by atoms with Gasteiger partial charge in [-0.25, -0.2) is 8.42 Å². The van der Waals surface area contributed by atoms with Crippen molar-refractivity contribution >= 4 is 27.5 Å². The number of amides is 2. The van der Waals surface area contributed by atoms with Gasteiger partial charge in [-0.3, -0.25) is 13.9 Å². The number of carbonyl (C=O) groups excluding carboxylic acids is 2. The summed E-state index contributed by atoms with van der Waals surface area (Å²) in [6.07, 6.45) is 1.07. The van der Waals surface area contributed by atoms with Crippen molar-refractivity contribution in [2.24, 2.45) is 0 Å². The standard InChI is InChI=1S/C32H41N3O6S/c1-7-24(4)33-32(37)30(8-2)34(21-25-14-16-27(40-5)17-15-25)31(36)22-35(26-10-9-11-28(20-26)41-6)42(38,39)29-18-12-23(3)13-19-29/h9-20,24,30H,7-8,21-22H2,1-6H3,(H,33,37)/t24-,30-/m1/s1. The largest absolute Gasteiger partial charge is 0.497 e. The average Bonchev–Trinajstić information content (AvgIpc) is 2.99. The van der Waals surface area contributed by atoms with Crippen molar-refractivity contribution in [3.8, 4) is 11.5 Å². The molecule has 0 aliphatic heterocycles. The smallest absolute Gasteiger partial charge is 0.264 e. The number of sulfonamides is 1. The van der Waals surface area contributed by atoms with Crippen LogP contribution in [0.15, 0.2) is 77.7 Å². The van der Waals surface area contributed by atoms with Crippen LogP contribution < -0.4 is 19.1 Å². The molecule has 0 radical (unpaired) electrons. The Labute approximate surface area is 249 Å². The molecule has 0 heterocycles. The second-order valence-corrected chi connectivity index (χ2v) is 12.0. The zero-order valence-corrected chi connectivity index (χ0v) is 26.0. The number of methoxy groups -OCH3 is 2. The molecule has 226 valence electrons. The lowest BCUT2D eigenvalue weighted by atomic mass is 10.1. The highest BCUT2D eigenvalue weighted by molar-refractivity contribution is 7.92. The van der Waals surface area contributed by atoms with Gasteiger partial charge in [-0.1, -0.05) is 49.7 Å². The van der Waals surface area contributed by atoms with Crippen LogP contribution in [0.3, 0.4) is 0 Å². The van der Waals surface area contributed by atoms with Crippen LogP contribution in [0.4, 0.5) is 5.69 Å². The van der Waals surface area contributed by atoms with Crippen LogP contribution in [0.2, 0.25) is 0 Å². The minimum Gasteiger partial charge on any atom is -0.497 e. The lowest BCUT2D eigenvalue weighted by Crippen LogP contribution is -2.53. The van der Waals surface area contributed by atoms with Crippen molar-refractivity contribution in [2.75, 3.05) is 25.1 Å². The second-order valence-electron chi connectivity index (χ2n) is 10.1. The van der Waals surface area contributed by atoms with Gasteiger partial charge in [0.15, 0.2) is 0 Å². The third kappa shape index (κ3) is 8.03. The topological polar surface area (TPSA) is 105 Å². The molecule has 0 saturated heterocycles. The molecule has 3 aromatic rings. The van der Waals surface area contributed by atoms with E-state index in [4.69, 9.17) is 9.47 Å². The highest BCUT2D eigenvalue weighted by Gasteiger charge is 2.34. The van der Waals surface area contributed by atoms with Crippen LogP contribution in [-0.2, 0) is 26.2 Å². The monoisotopic (exact) mass is 595 g/mol. The van der Waals surface area contributed by atoms with Crippen LogP contribution in [0.5, 0.6) is 11.5 Å². The molecule has 3 rings (SSSR count). The van der Waals surface area contributed by atoms with Crippen molar-refractivity contribution in [1.29, 1.82) is 0 Å². The van der Waals surface area contributed by atoms with Gasteiger partial charge in [-0.2, -0.15) is 0 Å². The van der Waals surface area contributed by atoms with E-state index in [2.05, 4.69) is 5.32 Å². The molecule has 0 aliphatic carbocycles. The lowest BCUT2D eigenvalue weighted by Gasteiger charge is -2.33. The van der Waals surface area contributed by atoms with Gasteiger partial charge >= 0.3 is 0 Å². The molecule has 0 aliphatic rings. The average molecular weight is 596 g/mol. The molecule has 1 N–H and O–H groups in total. The number of carbonyl (C=O) groups is 2. The summed E-state index contributed by atoms with van der Waals surface area (Å²) in [7, 11) is -1.11. The Kier molecular flexibility index (Phi) is 11.4. The fraction of sp³-hybridized carbons (Fsp3) is 0.375. The molecule has 0 bridgehead atoms. The van der Waals surface area contributed by atoms with Gasteiger partial charge in [0.1, 0.15) is 24.1 Å². The molecule has 3 aromatic carbocycles. The summed E-state index contributed by atoms with van der Waals surface area (Å²) in [5, 5.41) is 2.98. The third-order valence-corrected chi connectivity index (χ3v) is 8.92. The zero-order chi connectivity index (χ0) is 30.9. The van der Waals surface area contributed by atoms with E-state index in [1.54, 1.807) is 55.6 Å². The molecule has 10 heteroatoms. The maximum Gasteiger partial charge on any atom is 0.264 e. The van der Waals surface area contributed by atoms with Crippen LogP contribution in [0, 0.1) is 6.92 Å². The van der Waals surface area contributed by atoms with Crippen LogP contribution >= 0.6 is 0 Å². The Balaban J connectivity index is 2.07. The quantitative estimate of drug-likeness (QED) is 0.283. The normalized spacial score (nSPS) is 12.6. The maximum absolute atomic E-state index is 14.2. The number of ether oxygens (including phenoxy) is 2. The molecule has 0 saturated carbocycles. The minimum absolute atomic E-state index is 0.0481. The highest BCUT2D eigenvalue weighted by atomic mass is 32.2. The van der Waals surface area contributed by atoms with E-state index in [9.17, 15) is 18.0 Å². The van der Waals surface area contributed by atoms with Gasteiger partial charge < -0.3 is 19.7 Å². The van der Waals surface area contributed by atoms with Crippen LogP contribution in [0.25, 0.3) is 0 Å². The first-order valence-corrected chi connectivity index (χ1v) is 15.4. The van der Waals surface area contributed by atoms with Gasteiger partial charge in [-0.15, -0.1) is 0 Å². The predicted molar refractivity (Wildman–Crippen MR) is 164 cm³/mol. The minimum atomic E-state index is -4.17. The first kappa shape index (κ1) is 32.5. The van der Waals surface area contributed by atoms with Crippen molar-refractivity contribution < 1.29 is 27.5 Å². The van der Waals surface area contributed by atoms with Gasteiger partial charge in [-0.05, 0) is 68.7 Å². The Hall–Kier alpha value is -4.05. The summed E-state index contributed by atoms with van der Waals surface area (Å²) in [6.45, 7) is 7.15. The lowest BCUT2D eigenvalue weighted by molar-refractivity contribution is -0.140. The Morgan fingerprint density at radius 3 is 2.10 bits per heavy atom. The summed E-state index contributed by atoms with van der Waals surface area (Å²) < 4.78 is 39.7. The van der Waals surface area contributed by atoms with E-state index in [-0.39, 0.29) is 29.1 Å². The number of rotatable bonds is 14. The second kappa shape index (κ2) is 14.7. The predicted octanol–water partition coefficient (Wildman–Crippen LogP) is 4.93. The number of nitrogens with one attached hydrogen (secondary N) is 1. The summed E-state index contributed by atoms with van der Waals surface area (Å²) in [4.78, 5) is 29.1. The van der Waals surface area contributed by atoms with E-state index in [0.717, 1.165) is 21.9 Å². The van der Waals surface area contributed by atoms with E-state index in [1.807, 2.05) is 39.8 Å². The van der Waals surface area contributed by atoms with Crippen molar-refractivity contribution in [2.45, 2.75) is 64.1 Å². The van der Waals surface area contributed by atoms with Gasteiger partial charge in [0.2, 0.25) is 11.8 Å². The van der Waals surface area contributed by atoms with E-state index >= 15 is 0 Å². The molecule has 9 nitrogen and oxygen atoms in total. The Bertz CT molecular complexity index is 1440. The fourth-order valence-corrected chi connectivity index (χ4v) is 5.83. The first-order chi connectivity index (χ1) is 20.0. The first-order valence-electron chi connectivity index (χ1n) is 14.0. The maximum atomic E-state index is 14.2. The summed E-state index contributed by atoms with van der Waals surface area (Å²) >= 11 is 0. The summed E-state index contributed by atoms with van der Waals surface area (Å²) in [6, 6.07) is 19.3. The number of anilines is 1. The van der Waals surface area contributed by atoms with E-state index in [1.165, 1.54) is 24.1 Å². The van der Waals surface area contributed by atoms with Gasteiger partial charge in [0.25, 0.3) is 10.0 Å². The fourth-order valence-electron chi connectivity index (χ4n) is 4.42. The molecule has 0 spiro atoms. The molecule has 2 atom stereocenters. The Morgan fingerprint density at radius 2 is 1.52 bits per heavy atom. The van der Waals surface area contributed by atoms with Crippen LogP contribution in [0.1, 0.15) is 44.7 Å². The third-order valence-electron chi connectivity index (χ3n) is 7.13. The zero-order valence-electron chi connectivity index (χ0n) is 25.2. The Morgan fingerprint density at radius 1 is 0.881 bits per heavy atom. The molecule has 0 aromatic heterocycles. The SMILES string of the molecule is CC[C@@H](C)NC(=O)[C@@H](CC)N(Cc1ccc(OC)cc1)C(=O)CN(c1cccc(OC)c1)S(=O)(=O)c1ccc(C)cc1. The summed E-state index contributed by atoms with van der Waals surface area (Å²) in [5.41, 5.74) is 1.94.